The molecule has 1 aliphatic heterocycles. The molecule has 0 bridgehead atoms. The maximum atomic E-state index is 10.8. The third-order valence-corrected chi connectivity index (χ3v) is 4.00. The van der Waals surface area contributed by atoms with Gasteiger partial charge in [-0.2, -0.15) is 0 Å². The summed E-state index contributed by atoms with van der Waals surface area (Å²) in [4.78, 5) is 15.2. The second-order valence-electron chi connectivity index (χ2n) is 5.74. The van der Waals surface area contributed by atoms with E-state index in [-0.39, 0.29) is 11.2 Å². The standard InChI is InChI=1S/C13H21N3O3S/c1-13(2,3)10-8-14-12(20-9-11(17)18)16(10)15-4-6-19-7-5-15/h8H,4-7,9H2,1-3H3,(H,17,18). The highest BCUT2D eigenvalue weighted by atomic mass is 32.2. The fourth-order valence-electron chi connectivity index (χ4n) is 2.09. The molecule has 2 rings (SSSR count). The number of carboxylic acids is 1. The van der Waals surface area contributed by atoms with Crippen LogP contribution in [0.25, 0.3) is 0 Å². The molecule has 0 atom stereocenters. The Morgan fingerprint density at radius 2 is 2.10 bits per heavy atom. The van der Waals surface area contributed by atoms with Gasteiger partial charge >= 0.3 is 5.97 Å². The van der Waals surface area contributed by atoms with Gasteiger partial charge in [-0.15, -0.1) is 0 Å². The maximum absolute atomic E-state index is 10.8. The van der Waals surface area contributed by atoms with Crippen molar-refractivity contribution in [2.75, 3.05) is 37.1 Å². The van der Waals surface area contributed by atoms with E-state index in [0.717, 1.165) is 23.9 Å². The van der Waals surface area contributed by atoms with E-state index in [1.807, 2.05) is 6.20 Å². The van der Waals surface area contributed by atoms with Crippen molar-refractivity contribution in [1.29, 1.82) is 0 Å². The highest BCUT2D eigenvalue weighted by molar-refractivity contribution is 7.99. The number of hydrogen-bond acceptors (Lipinski definition) is 5. The van der Waals surface area contributed by atoms with Crippen LogP contribution < -0.4 is 5.01 Å². The van der Waals surface area contributed by atoms with E-state index in [0.29, 0.717) is 13.2 Å². The van der Waals surface area contributed by atoms with Crippen LogP contribution in [-0.2, 0) is 14.9 Å². The first kappa shape index (κ1) is 15.2. The predicted molar refractivity (Wildman–Crippen MR) is 78.1 cm³/mol. The quantitative estimate of drug-likeness (QED) is 0.846. The predicted octanol–water partition coefficient (Wildman–Crippen LogP) is 1.33. The third kappa shape index (κ3) is 3.46. The van der Waals surface area contributed by atoms with Gasteiger partial charge in [0.05, 0.1) is 43.9 Å². The number of aromatic nitrogens is 2. The maximum Gasteiger partial charge on any atom is 0.313 e. The van der Waals surface area contributed by atoms with Gasteiger partial charge in [0.2, 0.25) is 0 Å². The monoisotopic (exact) mass is 299 g/mol. The number of imidazole rings is 1. The molecule has 2 heterocycles. The van der Waals surface area contributed by atoms with Crippen LogP contribution in [0.15, 0.2) is 11.4 Å². The van der Waals surface area contributed by atoms with Gasteiger partial charge in [-0.3, -0.25) is 4.79 Å². The van der Waals surface area contributed by atoms with Crippen LogP contribution in [0.4, 0.5) is 0 Å². The van der Waals surface area contributed by atoms with Crippen LogP contribution in [0, 0.1) is 0 Å². The summed E-state index contributed by atoms with van der Waals surface area (Å²) >= 11 is 1.26. The number of hydrogen-bond donors (Lipinski definition) is 1. The van der Waals surface area contributed by atoms with Gasteiger partial charge in [0.25, 0.3) is 0 Å². The summed E-state index contributed by atoms with van der Waals surface area (Å²) in [5, 5.41) is 11.8. The second kappa shape index (κ2) is 6.05. The van der Waals surface area contributed by atoms with E-state index in [1.165, 1.54) is 11.8 Å². The van der Waals surface area contributed by atoms with Gasteiger partial charge in [0.1, 0.15) is 0 Å². The largest absolute Gasteiger partial charge is 0.481 e. The molecule has 0 amide bonds. The Kier molecular flexibility index (Phi) is 4.59. The summed E-state index contributed by atoms with van der Waals surface area (Å²) in [7, 11) is 0. The molecule has 0 aromatic carbocycles. The van der Waals surface area contributed by atoms with Crippen molar-refractivity contribution in [2.45, 2.75) is 31.3 Å². The lowest BCUT2D eigenvalue weighted by atomic mass is 9.93. The molecule has 1 saturated heterocycles. The van der Waals surface area contributed by atoms with Crippen molar-refractivity contribution in [3.63, 3.8) is 0 Å². The van der Waals surface area contributed by atoms with Crippen LogP contribution in [0.3, 0.4) is 0 Å². The minimum Gasteiger partial charge on any atom is -0.481 e. The number of rotatable bonds is 4. The van der Waals surface area contributed by atoms with E-state index < -0.39 is 5.97 Å². The lowest BCUT2D eigenvalue weighted by molar-refractivity contribution is -0.133. The van der Waals surface area contributed by atoms with Gasteiger partial charge in [-0.05, 0) is 0 Å². The van der Waals surface area contributed by atoms with E-state index in [2.05, 4.69) is 35.4 Å². The summed E-state index contributed by atoms with van der Waals surface area (Å²) in [6.45, 7) is 9.35. The van der Waals surface area contributed by atoms with Gasteiger partial charge in [-0.25, -0.2) is 9.66 Å². The molecule has 0 spiro atoms. The zero-order valence-electron chi connectivity index (χ0n) is 12.1. The molecule has 0 saturated carbocycles. The molecule has 1 N–H and O–H groups in total. The topological polar surface area (TPSA) is 67.6 Å². The summed E-state index contributed by atoms with van der Waals surface area (Å²) in [6.07, 6.45) is 1.85. The summed E-state index contributed by atoms with van der Waals surface area (Å²) in [5.41, 5.74) is 1.04. The molecule has 1 aromatic heterocycles. The molecule has 6 nitrogen and oxygen atoms in total. The fourth-order valence-corrected chi connectivity index (χ4v) is 2.81. The molecule has 20 heavy (non-hydrogen) atoms. The molecule has 112 valence electrons. The number of thioether (sulfide) groups is 1. The van der Waals surface area contributed by atoms with E-state index in [9.17, 15) is 4.79 Å². The highest BCUT2D eigenvalue weighted by Gasteiger charge is 2.26. The van der Waals surface area contributed by atoms with Crippen molar-refractivity contribution in [3.05, 3.63) is 11.9 Å². The van der Waals surface area contributed by atoms with Gasteiger partial charge < -0.3 is 14.9 Å². The zero-order chi connectivity index (χ0) is 14.8. The number of carboxylic acid groups (broad SMARTS) is 1. The molecule has 1 aromatic rings. The fraction of sp³-hybridized carbons (Fsp3) is 0.692. The van der Waals surface area contributed by atoms with Crippen molar-refractivity contribution < 1.29 is 14.6 Å². The normalized spacial score (nSPS) is 16.4. The zero-order valence-corrected chi connectivity index (χ0v) is 12.9. The number of nitrogens with zero attached hydrogens (tertiary/aromatic N) is 3. The summed E-state index contributed by atoms with van der Waals surface area (Å²) in [5.74, 6) is -0.811. The van der Waals surface area contributed by atoms with Crippen LogP contribution in [0.5, 0.6) is 0 Å². The first-order valence-corrected chi connectivity index (χ1v) is 7.64. The van der Waals surface area contributed by atoms with Crippen molar-refractivity contribution in [3.8, 4) is 0 Å². The van der Waals surface area contributed by atoms with Gasteiger partial charge in [0.15, 0.2) is 5.16 Å². The van der Waals surface area contributed by atoms with Gasteiger partial charge in [-0.1, -0.05) is 32.5 Å². The summed E-state index contributed by atoms with van der Waals surface area (Å²) < 4.78 is 7.45. The number of carbonyl (C=O) groups is 1. The molecular formula is C13H21N3O3S. The highest BCUT2D eigenvalue weighted by Crippen LogP contribution is 2.28. The molecule has 7 heteroatoms. The number of morpholine rings is 1. The van der Waals surface area contributed by atoms with E-state index >= 15 is 0 Å². The molecule has 0 radical (unpaired) electrons. The molecule has 0 unspecified atom stereocenters. The van der Waals surface area contributed by atoms with Crippen LogP contribution in [0.2, 0.25) is 0 Å². The molecule has 1 aliphatic rings. The Balaban J connectivity index is 2.31. The minimum atomic E-state index is -0.830. The van der Waals surface area contributed by atoms with Crippen LogP contribution in [-0.4, -0.2) is 52.8 Å². The van der Waals surface area contributed by atoms with E-state index in [4.69, 9.17) is 9.84 Å². The number of ether oxygens (including phenoxy) is 1. The Hall–Kier alpha value is -1.21. The smallest absolute Gasteiger partial charge is 0.313 e. The van der Waals surface area contributed by atoms with Gasteiger partial charge in [0, 0.05) is 5.41 Å². The Bertz CT molecular complexity index is 476. The first-order valence-electron chi connectivity index (χ1n) is 6.65. The Labute approximate surface area is 123 Å². The molecule has 1 fully saturated rings. The Morgan fingerprint density at radius 1 is 1.45 bits per heavy atom. The SMILES string of the molecule is CC(C)(C)c1cnc(SCC(=O)O)n1N1CCOCC1. The van der Waals surface area contributed by atoms with Crippen LogP contribution >= 0.6 is 11.8 Å². The average Bonchev–Trinajstić information content (AvgIpc) is 2.81. The average molecular weight is 299 g/mol. The molecule has 0 aliphatic carbocycles. The third-order valence-electron chi connectivity index (χ3n) is 3.07. The number of aliphatic carboxylic acids is 1. The summed E-state index contributed by atoms with van der Waals surface area (Å²) in [6, 6.07) is 0. The Morgan fingerprint density at radius 3 is 2.65 bits per heavy atom. The van der Waals surface area contributed by atoms with Crippen molar-refractivity contribution in [2.24, 2.45) is 0 Å². The lowest BCUT2D eigenvalue weighted by Gasteiger charge is -2.34. The minimum absolute atomic E-state index is 0.0188. The van der Waals surface area contributed by atoms with Crippen molar-refractivity contribution in [1.82, 2.24) is 9.66 Å². The molecular weight excluding hydrogens is 278 g/mol. The first-order chi connectivity index (χ1) is 9.39. The van der Waals surface area contributed by atoms with Crippen molar-refractivity contribution >= 4 is 17.7 Å². The van der Waals surface area contributed by atoms with E-state index in [1.54, 1.807) is 0 Å². The second-order valence-corrected chi connectivity index (χ2v) is 6.68. The lowest BCUT2D eigenvalue weighted by Crippen LogP contribution is -2.46. The van der Waals surface area contributed by atoms with Crippen LogP contribution in [0.1, 0.15) is 26.5 Å².